The standard InChI is InChI=1S/C17H15F3N6O4/c1-30-12-8-10(17(18,19)20)2-3-11(12)23-15-16(29)25(7-5-21-15)13-9-22-26(24-13)6-4-14(27)28/h2-3,5,7-9H,4,6H2,1H3,(H,21,23)(H,27,28). The number of halogens is 3. The highest BCUT2D eigenvalue weighted by Gasteiger charge is 2.31. The van der Waals surface area contributed by atoms with Crippen LogP contribution in [-0.4, -0.2) is 42.7 Å². The van der Waals surface area contributed by atoms with Gasteiger partial charge in [-0.05, 0) is 18.2 Å². The number of aromatic nitrogens is 5. The van der Waals surface area contributed by atoms with Gasteiger partial charge in [-0.1, -0.05) is 0 Å². The maximum Gasteiger partial charge on any atom is 0.416 e. The number of carboxylic acids is 1. The van der Waals surface area contributed by atoms with E-state index in [4.69, 9.17) is 9.84 Å². The van der Waals surface area contributed by atoms with Crippen molar-refractivity contribution >= 4 is 17.5 Å². The molecule has 0 spiro atoms. The molecule has 0 aliphatic carbocycles. The molecule has 0 aliphatic rings. The number of nitrogens with one attached hydrogen (secondary N) is 1. The van der Waals surface area contributed by atoms with Crippen LogP contribution in [-0.2, 0) is 17.5 Å². The maximum atomic E-state index is 12.9. The Morgan fingerprint density at radius 2 is 2.10 bits per heavy atom. The minimum absolute atomic E-state index is 0.0169. The fourth-order valence-electron chi connectivity index (χ4n) is 2.48. The van der Waals surface area contributed by atoms with Crippen molar-refractivity contribution in [1.29, 1.82) is 0 Å². The SMILES string of the molecule is COc1cc(C(F)(F)F)ccc1Nc1nccn(-c2cnn(CCC(=O)O)n2)c1=O. The average molecular weight is 424 g/mol. The summed E-state index contributed by atoms with van der Waals surface area (Å²) in [6.45, 7) is 0.0169. The molecular weight excluding hydrogens is 409 g/mol. The second-order valence-electron chi connectivity index (χ2n) is 5.93. The van der Waals surface area contributed by atoms with E-state index in [-0.39, 0.29) is 36.0 Å². The van der Waals surface area contributed by atoms with Crippen LogP contribution in [0.15, 0.2) is 41.6 Å². The van der Waals surface area contributed by atoms with Crippen molar-refractivity contribution in [3.63, 3.8) is 0 Å². The molecule has 0 unspecified atom stereocenters. The Labute approximate surface area is 166 Å². The molecule has 0 fully saturated rings. The van der Waals surface area contributed by atoms with Crippen molar-refractivity contribution in [2.75, 3.05) is 12.4 Å². The number of rotatable bonds is 7. The van der Waals surface area contributed by atoms with Gasteiger partial charge in [0.25, 0.3) is 5.56 Å². The van der Waals surface area contributed by atoms with Gasteiger partial charge < -0.3 is 15.2 Å². The summed E-state index contributed by atoms with van der Waals surface area (Å²) in [5.41, 5.74) is -1.44. The van der Waals surface area contributed by atoms with Gasteiger partial charge in [0.1, 0.15) is 5.75 Å². The van der Waals surface area contributed by atoms with Crippen molar-refractivity contribution in [3.05, 3.63) is 52.7 Å². The van der Waals surface area contributed by atoms with E-state index in [0.717, 1.165) is 27.6 Å². The molecule has 2 heterocycles. The largest absolute Gasteiger partial charge is 0.495 e. The maximum absolute atomic E-state index is 12.9. The van der Waals surface area contributed by atoms with Crippen LogP contribution in [0.4, 0.5) is 24.7 Å². The predicted octanol–water partition coefficient (Wildman–Crippen LogP) is 2.07. The van der Waals surface area contributed by atoms with E-state index in [1.165, 1.54) is 25.7 Å². The molecule has 3 rings (SSSR count). The van der Waals surface area contributed by atoms with Crippen LogP contribution in [0.25, 0.3) is 5.82 Å². The Morgan fingerprint density at radius 1 is 1.33 bits per heavy atom. The molecule has 0 bridgehead atoms. The summed E-state index contributed by atoms with van der Waals surface area (Å²) >= 11 is 0. The molecule has 2 N–H and O–H groups in total. The van der Waals surface area contributed by atoms with Gasteiger partial charge in [-0.25, -0.2) is 4.98 Å². The van der Waals surface area contributed by atoms with Gasteiger partial charge in [0.05, 0.1) is 37.5 Å². The molecule has 3 aromatic rings. The van der Waals surface area contributed by atoms with E-state index in [1.54, 1.807) is 0 Å². The van der Waals surface area contributed by atoms with Crippen molar-refractivity contribution in [2.24, 2.45) is 0 Å². The van der Waals surface area contributed by atoms with Crippen molar-refractivity contribution in [1.82, 2.24) is 24.5 Å². The van der Waals surface area contributed by atoms with Crippen LogP contribution in [0.3, 0.4) is 0 Å². The zero-order valence-corrected chi connectivity index (χ0v) is 15.4. The number of carboxylic acid groups (broad SMARTS) is 1. The van der Waals surface area contributed by atoms with Gasteiger partial charge in [0.15, 0.2) is 11.6 Å². The van der Waals surface area contributed by atoms with Crippen LogP contribution in [0.2, 0.25) is 0 Å². The number of nitrogens with zero attached hydrogens (tertiary/aromatic N) is 5. The van der Waals surface area contributed by atoms with Crippen molar-refractivity contribution < 1.29 is 27.8 Å². The summed E-state index contributed by atoms with van der Waals surface area (Å²) in [6, 6.07) is 2.78. The molecule has 0 radical (unpaired) electrons. The van der Waals surface area contributed by atoms with E-state index in [0.29, 0.717) is 0 Å². The highest BCUT2D eigenvalue weighted by molar-refractivity contribution is 5.66. The number of benzene rings is 1. The van der Waals surface area contributed by atoms with E-state index in [9.17, 15) is 22.8 Å². The number of methoxy groups -OCH3 is 1. The molecule has 30 heavy (non-hydrogen) atoms. The summed E-state index contributed by atoms with van der Waals surface area (Å²) < 4.78 is 44.7. The Hall–Kier alpha value is -3.90. The van der Waals surface area contributed by atoms with Crippen molar-refractivity contribution in [3.8, 4) is 11.6 Å². The Bertz CT molecular complexity index is 1130. The average Bonchev–Trinajstić information content (AvgIpc) is 3.16. The van der Waals surface area contributed by atoms with E-state index in [2.05, 4.69) is 20.5 Å². The quantitative estimate of drug-likeness (QED) is 0.591. The van der Waals surface area contributed by atoms with Gasteiger partial charge in [-0.2, -0.15) is 23.1 Å². The number of alkyl halides is 3. The van der Waals surface area contributed by atoms with Gasteiger partial charge >= 0.3 is 12.1 Å². The Morgan fingerprint density at radius 3 is 2.77 bits per heavy atom. The predicted molar refractivity (Wildman–Crippen MR) is 96.9 cm³/mol. The first-order valence-corrected chi connectivity index (χ1v) is 8.41. The summed E-state index contributed by atoms with van der Waals surface area (Å²) in [7, 11) is 1.20. The summed E-state index contributed by atoms with van der Waals surface area (Å²) in [5.74, 6) is -1.21. The minimum atomic E-state index is -4.55. The third-order valence-corrected chi connectivity index (χ3v) is 3.92. The lowest BCUT2D eigenvalue weighted by molar-refractivity contribution is -0.138. The number of aliphatic carboxylic acids is 1. The second kappa shape index (κ2) is 8.23. The molecule has 13 heteroatoms. The zero-order valence-electron chi connectivity index (χ0n) is 15.4. The van der Waals surface area contributed by atoms with Crippen molar-refractivity contribution in [2.45, 2.75) is 19.1 Å². The molecule has 0 aliphatic heterocycles. The van der Waals surface area contributed by atoms with Crippen LogP contribution in [0.5, 0.6) is 5.75 Å². The number of aryl methyl sites for hydroxylation is 1. The summed E-state index contributed by atoms with van der Waals surface area (Å²) in [5, 5.41) is 19.3. The third-order valence-electron chi connectivity index (χ3n) is 3.92. The molecular formula is C17H15F3N6O4. The van der Waals surface area contributed by atoms with Crippen LogP contribution < -0.4 is 15.6 Å². The number of ether oxygens (including phenoxy) is 1. The smallest absolute Gasteiger partial charge is 0.416 e. The van der Waals surface area contributed by atoms with Crippen LogP contribution >= 0.6 is 0 Å². The number of anilines is 2. The topological polar surface area (TPSA) is 124 Å². The Kier molecular flexibility index (Phi) is 5.71. The molecule has 0 amide bonds. The van der Waals surface area contributed by atoms with Gasteiger partial charge in [-0.15, -0.1) is 5.10 Å². The summed E-state index contributed by atoms with van der Waals surface area (Å²) in [4.78, 5) is 28.4. The van der Waals surface area contributed by atoms with E-state index in [1.807, 2.05) is 0 Å². The van der Waals surface area contributed by atoms with Crippen LogP contribution in [0, 0.1) is 0 Å². The molecule has 158 valence electrons. The van der Waals surface area contributed by atoms with Gasteiger partial charge in [0.2, 0.25) is 0 Å². The first-order valence-electron chi connectivity index (χ1n) is 8.41. The number of hydrogen-bond donors (Lipinski definition) is 2. The molecule has 1 aromatic carbocycles. The minimum Gasteiger partial charge on any atom is -0.495 e. The first kappa shape index (κ1) is 20.8. The molecule has 0 saturated heterocycles. The third kappa shape index (κ3) is 4.56. The Balaban J connectivity index is 1.89. The molecule has 0 atom stereocenters. The lowest BCUT2D eigenvalue weighted by Crippen LogP contribution is -2.22. The number of carbonyl (C=O) groups is 1. The zero-order chi connectivity index (χ0) is 21.9. The second-order valence-corrected chi connectivity index (χ2v) is 5.93. The fourth-order valence-corrected chi connectivity index (χ4v) is 2.48. The van der Waals surface area contributed by atoms with Gasteiger partial charge in [-0.3, -0.25) is 14.2 Å². The van der Waals surface area contributed by atoms with Crippen LogP contribution in [0.1, 0.15) is 12.0 Å². The van der Waals surface area contributed by atoms with E-state index >= 15 is 0 Å². The van der Waals surface area contributed by atoms with E-state index < -0.39 is 23.3 Å². The molecule has 2 aromatic heterocycles. The highest BCUT2D eigenvalue weighted by Crippen LogP contribution is 2.35. The normalized spacial score (nSPS) is 11.3. The summed E-state index contributed by atoms with van der Waals surface area (Å²) in [6.07, 6.45) is -0.860. The fraction of sp³-hybridized carbons (Fsp3) is 0.235. The lowest BCUT2D eigenvalue weighted by Gasteiger charge is -2.14. The number of hydrogen-bond acceptors (Lipinski definition) is 7. The monoisotopic (exact) mass is 424 g/mol. The highest BCUT2D eigenvalue weighted by atomic mass is 19.4. The molecule has 10 nitrogen and oxygen atoms in total. The lowest BCUT2D eigenvalue weighted by atomic mass is 10.2. The van der Waals surface area contributed by atoms with Gasteiger partial charge in [0, 0.05) is 12.4 Å². The first-order chi connectivity index (χ1) is 14.2. The molecule has 0 saturated carbocycles.